The van der Waals surface area contributed by atoms with Gasteiger partial charge in [0, 0.05) is 22.5 Å². The molecule has 1 aliphatic rings. The average molecular weight is 846 g/mol. The molecule has 316 valence electrons. The Kier molecular flexibility index (Phi) is 10.8. The molecule has 0 fully saturated rings. The molecule has 0 bridgehead atoms. The monoisotopic (exact) mass is 845 g/mol. The highest BCUT2D eigenvalue weighted by Crippen LogP contribution is 2.50. The van der Waals surface area contributed by atoms with Crippen LogP contribution in [0.15, 0.2) is 242 Å². The van der Waals surface area contributed by atoms with Crippen molar-refractivity contribution in [3.8, 4) is 33.4 Å². The van der Waals surface area contributed by atoms with E-state index in [4.69, 9.17) is 0 Å². The lowest BCUT2D eigenvalue weighted by Crippen LogP contribution is -2.24. The van der Waals surface area contributed by atoms with Crippen molar-refractivity contribution in [2.75, 3.05) is 4.90 Å². The molecule has 11 rings (SSSR count). The highest BCUT2D eigenvalue weighted by molar-refractivity contribution is 6.25. The molecule has 0 aliphatic heterocycles. The van der Waals surface area contributed by atoms with Crippen LogP contribution in [-0.4, -0.2) is 0 Å². The van der Waals surface area contributed by atoms with Crippen molar-refractivity contribution in [3.63, 3.8) is 0 Å². The Bertz CT molecular complexity index is 3390. The van der Waals surface area contributed by atoms with Crippen LogP contribution in [0.2, 0.25) is 0 Å². The smallest absolute Gasteiger partial charge is 0.0465 e. The Morgan fingerprint density at radius 3 is 1.53 bits per heavy atom. The van der Waals surface area contributed by atoms with Gasteiger partial charge in [0.1, 0.15) is 0 Å². The van der Waals surface area contributed by atoms with Gasteiger partial charge in [0.2, 0.25) is 0 Å². The van der Waals surface area contributed by atoms with Crippen LogP contribution in [0.25, 0.3) is 77.9 Å². The van der Waals surface area contributed by atoms with Crippen LogP contribution in [0.4, 0.5) is 17.1 Å². The Hall–Kier alpha value is -8.00. The fourth-order valence-corrected chi connectivity index (χ4v) is 10.6. The molecule has 0 amide bonds. The molecule has 1 aliphatic carbocycles. The van der Waals surface area contributed by atoms with Gasteiger partial charge in [-0.3, -0.25) is 0 Å². The molecule has 1 nitrogen and oxygen atoms in total. The first-order chi connectivity index (χ1) is 32.6. The van der Waals surface area contributed by atoms with E-state index >= 15 is 0 Å². The molecule has 0 heterocycles. The first-order valence-corrected chi connectivity index (χ1v) is 23.4. The summed E-state index contributed by atoms with van der Waals surface area (Å²) in [4.78, 5) is 2.37. The molecule has 1 heteroatoms. The van der Waals surface area contributed by atoms with E-state index in [1.807, 2.05) is 0 Å². The van der Waals surface area contributed by atoms with Gasteiger partial charge in [-0.15, -0.1) is 0 Å². The number of nitrogens with zero attached hydrogens (tertiary/aromatic N) is 1. The molecule has 0 saturated carbocycles. The molecule has 10 aromatic rings. The van der Waals surface area contributed by atoms with E-state index in [1.54, 1.807) is 0 Å². The second-order valence-electron chi connectivity index (χ2n) is 17.5. The van der Waals surface area contributed by atoms with E-state index < -0.39 is 0 Å². The summed E-state index contributed by atoms with van der Waals surface area (Å²) in [7, 11) is 0. The third-order valence-electron chi connectivity index (χ3n) is 14.0. The second kappa shape index (κ2) is 17.5. The van der Waals surface area contributed by atoms with Crippen molar-refractivity contribution in [1.82, 2.24) is 0 Å². The minimum Gasteiger partial charge on any atom is -0.310 e. The van der Waals surface area contributed by atoms with Crippen molar-refractivity contribution >= 4 is 61.5 Å². The van der Waals surface area contributed by atoms with Gasteiger partial charge in [0.25, 0.3) is 0 Å². The number of hydrogen-bond donors (Lipinski definition) is 0. The summed E-state index contributed by atoms with van der Waals surface area (Å²) in [5.41, 5.74) is 15.9. The summed E-state index contributed by atoms with van der Waals surface area (Å²) in [5.74, 6) is 0. The van der Waals surface area contributed by atoms with E-state index in [1.165, 1.54) is 93.6 Å². The van der Waals surface area contributed by atoms with Gasteiger partial charge in [-0.2, -0.15) is 0 Å². The van der Waals surface area contributed by atoms with E-state index in [9.17, 15) is 0 Å². The number of benzene rings is 10. The zero-order valence-corrected chi connectivity index (χ0v) is 37.5. The summed E-state index contributed by atoms with van der Waals surface area (Å²) >= 11 is 0. The van der Waals surface area contributed by atoms with Gasteiger partial charge in [-0.05, 0) is 149 Å². The summed E-state index contributed by atoms with van der Waals surface area (Å²) < 4.78 is 0. The third kappa shape index (κ3) is 7.33. The fraction of sp³-hybridized carbons (Fsp3) is 0.0769. The molecular formula is C65H51N. The van der Waals surface area contributed by atoms with Gasteiger partial charge in [0.15, 0.2) is 0 Å². The largest absolute Gasteiger partial charge is 0.310 e. The molecule has 10 aromatic carbocycles. The van der Waals surface area contributed by atoms with Gasteiger partial charge in [-0.1, -0.05) is 214 Å². The van der Waals surface area contributed by atoms with Crippen molar-refractivity contribution in [1.29, 1.82) is 0 Å². The topological polar surface area (TPSA) is 3.24 Å². The lowest BCUT2D eigenvalue weighted by Gasteiger charge is -2.32. The number of anilines is 3. The maximum atomic E-state index is 2.43. The number of para-hydroxylation sites is 2. The van der Waals surface area contributed by atoms with Crippen LogP contribution in [0.5, 0.6) is 0 Å². The normalized spacial score (nSPS) is 13.2. The number of allylic oxidation sites excluding steroid dienone is 4. The maximum absolute atomic E-state index is 2.43. The molecule has 0 saturated heterocycles. The Morgan fingerprint density at radius 2 is 0.909 bits per heavy atom. The van der Waals surface area contributed by atoms with Gasteiger partial charge >= 0.3 is 0 Å². The Labute approximate surface area is 389 Å². The zero-order valence-electron chi connectivity index (χ0n) is 37.5. The van der Waals surface area contributed by atoms with Crippen LogP contribution >= 0.6 is 0 Å². The molecule has 66 heavy (non-hydrogen) atoms. The Morgan fingerprint density at radius 1 is 0.379 bits per heavy atom. The molecule has 0 radical (unpaired) electrons. The minimum atomic E-state index is -0.0612. The van der Waals surface area contributed by atoms with Crippen LogP contribution in [0.1, 0.15) is 43.4 Å². The van der Waals surface area contributed by atoms with Gasteiger partial charge in [0.05, 0.1) is 0 Å². The lowest BCUT2D eigenvalue weighted by atomic mass is 9.72. The van der Waals surface area contributed by atoms with E-state index in [0.717, 1.165) is 24.2 Å². The SMILES string of the molecule is CCC1(CC)C(/C=C/C=C/c2ccc(-c3cc(-c4ccccc4)ccc3-c3ccc4c5ccccc5c5ccccc5c4c3)cc2)=Cc2ccc(N(c3ccccc3)c3ccccc3)cc21. The standard InChI is InChI=1S/C65H51N/c1-3-65(4-2)52(42-51-36-39-55(45-64(51)65)66(53-24-10-6-11-25-53)54-26-12-7-13-27-54)23-15-14-20-46-32-34-48(35-33-46)62-43-49(47-21-8-5-9-22-47)37-40-56(62)50-38-41-61-59-30-17-16-28-57(59)58-29-18-19-31-60(58)63(61)44-50/h5-45H,3-4H2,1-2H3/b20-14+,23-15+. The number of rotatable bonds is 11. The maximum Gasteiger partial charge on any atom is 0.0465 e. The first-order valence-electron chi connectivity index (χ1n) is 23.4. The zero-order chi connectivity index (χ0) is 44.5. The molecule has 0 aromatic heterocycles. The van der Waals surface area contributed by atoms with Crippen LogP contribution in [0.3, 0.4) is 0 Å². The lowest BCUT2D eigenvalue weighted by molar-refractivity contribution is 0.487. The molecule has 0 spiro atoms. The Balaban J connectivity index is 0.896. The highest BCUT2D eigenvalue weighted by atomic mass is 15.1. The van der Waals surface area contributed by atoms with Crippen molar-refractivity contribution in [2.45, 2.75) is 32.1 Å². The highest BCUT2D eigenvalue weighted by Gasteiger charge is 2.38. The third-order valence-corrected chi connectivity index (χ3v) is 14.0. The summed E-state index contributed by atoms with van der Waals surface area (Å²) in [6.45, 7) is 4.67. The molecule has 0 atom stereocenters. The summed E-state index contributed by atoms with van der Waals surface area (Å²) in [5, 5.41) is 7.73. The first kappa shape index (κ1) is 40.8. The van der Waals surface area contributed by atoms with Gasteiger partial charge in [-0.25, -0.2) is 0 Å². The van der Waals surface area contributed by atoms with E-state index in [2.05, 4.69) is 268 Å². The average Bonchev–Trinajstić information content (AvgIpc) is 3.71. The predicted molar refractivity (Wildman–Crippen MR) is 285 cm³/mol. The number of hydrogen-bond acceptors (Lipinski definition) is 1. The van der Waals surface area contributed by atoms with Crippen molar-refractivity contribution in [3.05, 3.63) is 259 Å². The van der Waals surface area contributed by atoms with E-state index in [0.29, 0.717) is 0 Å². The van der Waals surface area contributed by atoms with Gasteiger partial charge < -0.3 is 4.90 Å². The molecule has 0 N–H and O–H groups in total. The number of fused-ring (bicyclic) bond motifs is 7. The summed E-state index contributed by atoms with van der Waals surface area (Å²) in [6, 6.07) is 79.8. The van der Waals surface area contributed by atoms with Crippen LogP contribution in [0, 0.1) is 0 Å². The van der Waals surface area contributed by atoms with Crippen molar-refractivity contribution < 1.29 is 0 Å². The second-order valence-corrected chi connectivity index (χ2v) is 17.5. The quantitative estimate of drug-likeness (QED) is 0.0926. The predicted octanol–water partition coefficient (Wildman–Crippen LogP) is 18.3. The summed E-state index contributed by atoms with van der Waals surface area (Å²) in [6.07, 6.45) is 13.4. The molecule has 0 unspecified atom stereocenters. The fourth-order valence-electron chi connectivity index (χ4n) is 10.6. The van der Waals surface area contributed by atoms with E-state index in [-0.39, 0.29) is 5.41 Å². The molecular weight excluding hydrogens is 795 g/mol. The van der Waals surface area contributed by atoms with Crippen molar-refractivity contribution in [2.24, 2.45) is 0 Å². The van der Waals surface area contributed by atoms with Crippen LogP contribution in [-0.2, 0) is 5.41 Å². The minimum absolute atomic E-state index is 0.0612. The van der Waals surface area contributed by atoms with Crippen LogP contribution < -0.4 is 4.90 Å².